The van der Waals surface area contributed by atoms with Gasteiger partial charge in [0, 0.05) is 31.3 Å². The van der Waals surface area contributed by atoms with E-state index in [1.165, 1.54) is 117 Å². The quantitative estimate of drug-likeness (QED) is 0.117. The Kier molecular flexibility index (Phi) is 8.69. The number of rotatable bonds is 10. The molecule has 1 heterocycles. The summed E-state index contributed by atoms with van der Waals surface area (Å²) in [5, 5.41) is 7.97. The summed E-state index contributed by atoms with van der Waals surface area (Å²) in [6.45, 7) is 4.54. The second kappa shape index (κ2) is 12.9. The molecule has 0 saturated heterocycles. The van der Waals surface area contributed by atoms with E-state index >= 15 is 0 Å². The Morgan fingerprint density at radius 1 is 0.463 bits per heavy atom. The van der Waals surface area contributed by atoms with E-state index < -0.39 is 0 Å². The standard InChI is InChI=1S/C40H40S/c1-3-5-7-9-11-29-13-15-30(16-14-29)17-18-32-20-22-34-26-38-37-25-33-21-19-31(12-10-8-6-4-2)23-35(33)27-39(37)41-40(38)28-36(34)24-32/h13-16,19-28H,3-12H2,1-2H3. The van der Waals surface area contributed by atoms with E-state index in [4.69, 9.17) is 0 Å². The molecule has 0 saturated carbocycles. The van der Waals surface area contributed by atoms with Gasteiger partial charge in [0.25, 0.3) is 0 Å². The molecule has 0 unspecified atom stereocenters. The molecule has 206 valence electrons. The van der Waals surface area contributed by atoms with Gasteiger partial charge in [0.2, 0.25) is 0 Å². The minimum absolute atomic E-state index is 1.07. The van der Waals surface area contributed by atoms with E-state index in [0.29, 0.717) is 0 Å². The van der Waals surface area contributed by atoms with Gasteiger partial charge in [0.05, 0.1) is 0 Å². The lowest BCUT2D eigenvalue weighted by Gasteiger charge is -2.05. The van der Waals surface area contributed by atoms with E-state index in [2.05, 4.69) is 111 Å². The van der Waals surface area contributed by atoms with Crippen molar-refractivity contribution in [2.75, 3.05) is 0 Å². The first-order chi connectivity index (χ1) is 20.2. The molecule has 1 aromatic heterocycles. The van der Waals surface area contributed by atoms with Crippen molar-refractivity contribution < 1.29 is 0 Å². The molecule has 1 heteroatoms. The third kappa shape index (κ3) is 6.50. The fraction of sp³-hybridized carbons (Fsp3) is 0.300. The van der Waals surface area contributed by atoms with Crippen LogP contribution in [0.2, 0.25) is 0 Å². The van der Waals surface area contributed by atoms with Crippen LogP contribution in [-0.2, 0) is 12.8 Å². The molecule has 5 aromatic carbocycles. The summed E-state index contributed by atoms with van der Waals surface area (Å²) in [6, 6.07) is 32.1. The predicted octanol–water partition coefficient (Wildman–Crippen LogP) is 12.0. The molecule has 0 nitrogen and oxygen atoms in total. The van der Waals surface area contributed by atoms with Crippen molar-refractivity contribution in [1.29, 1.82) is 0 Å². The van der Waals surface area contributed by atoms with E-state index in [-0.39, 0.29) is 0 Å². The summed E-state index contributed by atoms with van der Waals surface area (Å²) in [7, 11) is 0. The zero-order valence-electron chi connectivity index (χ0n) is 24.6. The smallest absolute Gasteiger partial charge is 0.0361 e. The first-order valence-corrected chi connectivity index (χ1v) is 16.5. The van der Waals surface area contributed by atoms with Gasteiger partial charge in [0.15, 0.2) is 0 Å². The molecule has 6 rings (SSSR count). The van der Waals surface area contributed by atoms with Crippen LogP contribution < -0.4 is 0 Å². The van der Waals surface area contributed by atoms with Crippen LogP contribution in [0.3, 0.4) is 0 Å². The van der Waals surface area contributed by atoms with E-state index in [0.717, 1.165) is 11.1 Å². The van der Waals surface area contributed by atoms with Crippen molar-refractivity contribution in [3.05, 3.63) is 107 Å². The van der Waals surface area contributed by atoms with Gasteiger partial charge in [0.1, 0.15) is 0 Å². The summed E-state index contributed by atoms with van der Waals surface area (Å²) in [6.07, 6.45) is 12.8. The van der Waals surface area contributed by atoms with Crippen LogP contribution in [0.5, 0.6) is 0 Å². The number of hydrogen-bond donors (Lipinski definition) is 0. The highest BCUT2D eigenvalue weighted by Gasteiger charge is 2.09. The molecular weight excluding hydrogens is 513 g/mol. The Labute approximate surface area is 249 Å². The number of fused-ring (bicyclic) bond motifs is 5. The Balaban J connectivity index is 1.24. The second-order valence-corrected chi connectivity index (χ2v) is 12.7. The maximum atomic E-state index is 3.41. The number of aryl methyl sites for hydroxylation is 2. The van der Waals surface area contributed by atoms with Gasteiger partial charge < -0.3 is 0 Å². The highest BCUT2D eigenvalue weighted by atomic mass is 32.1. The molecule has 0 N–H and O–H groups in total. The van der Waals surface area contributed by atoms with Crippen molar-refractivity contribution in [3.8, 4) is 11.8 Å². The number of benzene rings is 5. The normalized spacial score (nSPS) is 11.5. The Morgan fingerprint density at radius 3 is 1.66 bits per heavy atom. The number of thiophene rings is 1. The van der Waals surface area contributed by atoms with Crippen molar-refractivity contribution >= 4 is 53.1 Å². The van der Waals surface area contributed by atoms with Gasteiger partial charge >= 0.3 is 0 Å². The highest BCUT2D eigenvalue weighted by Crippen LogP contribution is 2.39. The average molecular weight is 553 g/mol. The molecule has 0 aliphatic carbocycles. The van der Waals surface area contributed by atoms with Crippen molar-refractivity contribution in [2.24, 2.45) is 0 Å². The second-order valence-electron chi connectivity index (χ2n) is 11.6. The molecule has 0 fully saturated rings. The van der Waals surface area contributed by atoms with Crippen molar-refractivity contribution in [2.45, 2.75) is 78.1 Å². The Hall–Kier alpha value is -3.60. The molecule has 41 heavy (non-hydrogen) atoms. The SMILES string of the molecule is CCCCCCc1ccc(C#Cc2ccc3cc4c(cc3c2)sc2cc3cc(CCCCCC)ccc3cc24)cc1. The maximum absolute atomic E-state index is 3.41. The van der Waals surface area contributed by atoms with Gasteiger partial charge in [-0.3, -0.25) is 0 Å². The zero-order chi connectivity index (χ0) is 28.0. The molecule has 0 aliphatic heterocycles. The van der Waals surface area contributed by atoms with E-state index in [1.807, 2.05) is 11.3 Å². The third-order valence-electron chi connectivity index (χ3n) is 8.39. The lowest BCUT2D eigenvalue weighted by atomic mass is 9.99. The van der Waals surface area contributed by atoms with Gasteiger partial charge in [-0.25, -0.2) is 0 Å². The summed E-state index contributed by atoms with van der Waals surface area (Å²) in [5.74, 6) is 6.79. The molecule has 0 spiro atoms. The fourth-order valence-electron chi connectivity index (χ4n) is 5.96. The lowest BCUT2D eigenvalue weighted by Crippen LogP contribution is -1.86. The molecular formula is C40H40S. The molecule has 6 aromatic rings. The van der Waals surface area contributed by atoms with Crippen molar-refractivity contribution in [3.63, 3.8) is 0 Å². The molecule has 0 radical (unpaired) electrons. The van der Waals surface area contributed by atoms with Gasteiger partial charge in [-0.15, -0.1) is 11.3 Å². The number of unbranched alkanes of at least 4 members (excludes halogenated alkanes) is 6. The molecule has 0 bridgehead atoms. The number of hydrogen-bond acceptors (Lipinski definition) is 1. The van der Waals surface area contributed by atoms with Crippen LogP contribution in [0.4, 0.5) is 0 Å². The van der Waals surface area contributed by atoms with Crippen LogP contribution in [0.15, 0.2) is 84.9 Å². The summed E-state index contributed by atoms with van der Waals surface area (Å²) in [4.78, 5) is 0. The zero-order valence-corrected chi connectivity index (χ0v) is 25.4. The Morgan fingerprint density at radius 2 is 1.00 bits per heavy atom. The van der Waals surface area contributed by atoms with E-state index in [1.54, 1.807) is 0 Å². The van der Waals surface area contributed by atoms with Crippen molar-refractivity contribution in [1.82, 2.24) is 0 Å². The Bertz CT molecular complexity index is 1860. The van der Waals surface area contributed by atoms with Crippen LogP contribution in [0.1, 0.15) is 87.5 Å². The first kappa shape index (κ1) is 27.6. The third-order valence-corrected chi connectivity index (χ3v) is 9.51. The predicted molar refractivity (Wildman–Crippen MR) is 182 cm³/mol. The molecule has 0 atom stereocenters. The monoisotopic (exact) mass is 552 g/mol. The topological polar surface area (TPSA) is 0 Å². The highest BCUT2D eigenvalue weighted by molar-refractivity contribution is 7.26. The van der Waals surface area contributed by atoms with E-state index in [9.17, 15) is 0 Å². The first-order valence-electron chi connectivity index (χ1n) is 15.6. The average Bonchev–Trinajstić information content (AvgIpc) is 3.34. The minimum Gasteiger partial charge on any atom is -0.135 e. The summed E-state index contributed by atoms with van der Waals surface area (Å²) in [5.41, 5.74) is 5.03. The largest absolute Gasteiger partial charge is 0.135 e. The van der Waals surface area contributed by atoms with Gasteiger partial charge in [-0.05, 0) is 107 Å². The fourth-order valence-corrected chi connectivity index (χ4v) is 7.12. The minimum atomic E-state index is 1.07. The van der Waals surface area contributed by atoms with Crippen LogP contribution in [0, 0.1) is 11.8 Å². The molecule has 0 aliphatic rings. The molecule has 0 amide bonds. The maximum Gasteiger partial charge on any atom is 0.0361 e. The lowest BCUT2D eigenvalue weighted by molar-refractivity contribution is 0.667. The van der Waals surface area contributed by atoms with Crippen LogP contribution >= 0.6 is 11.3 Å². The van der Waals surface area contributed by atoms with Crippen LogP contribution in [-0.4, -0.2) is 0 Å². The van der Waals surface area contributed by atoms with Crippen LogP contribution in [0.25, 0.3) is 41.7 Å². The summed E-state index contributed by atoms with van der Waals surface area (Å²) >= 11 is 1.91. The van der Waals surface area contributed by atoms with Gasteiger partial charge in [-0.1, -0.05) is 101 Å². The van der Waals surface area contributed by atoms with Gasteiger partial charge in [-0.2, -0.15) is 0 Å². The summed E-state index contributed by atoms with van der Waals surface area (Å²) < 4.78 is 2.72.